The number of esters is 1. The molecule has 2 aromatic rings. The Morgan fingerprint density at radius 3 is 2.44 bits per heavy atom. The van der Waals surface area contributed by atoms with Gasteiger partial charge in [0, 0.05) is 12.2 Å². The predicted molar refractivity (Wildman–Crippen MR) is 89.3 cm³/mol. The van der Waals surface area contributed by atoms with E-state index in [1.165, 1.54) is 25.3 Å². The van der Waals surface area contributed by atoms with Crippen LogP contribution < -0.4 is 10.6 Å². The Morgan fingerprint density at radius 1 is 1.04 bits per heavy atom. The summed E-state index contributed by atoms with van der Waals surface area (Å²) in [6.45, 7) is 0.199. The summed E-state index contributed by atoms with van der Waals surface area (Å²) in [4.78, 5) is 35.1. The molecule has 2 amide bonds. The number of anilines is 1. The Bertz CT molecular complexity index is 775. The van der Waals surface area contributed by atoms with E-state index in [0.29, 0.717) is 11.3 Å². The molecule has 2 aromatic carbocycles. The fourth-order valence-electron chi connectivity index (χ4n) is 2.06. The van der Waals surface area contributed by atoms with Crippen molar-refractivity contribution in [3.63, 3.8) is 0 Å². The molecule has 0 aliphatic carbocycles. The van der Waals surface area contributed by atoms with E-state index in [2.05, 4.69) is 15.4 Å². The van der Waals surface area contributed by atoms with Crippen LogP contribution in [0.4, 0.5) is 10.1 Å². The van der Waals surface area contributed by atoms with Gasteiger partial charge in [-0.15, -0.1) is 0 Å². The van der Waals surface area contributed by atoms with Crippen LogP contribution in [0.15, 0.2) is 48.5 Å². The molecule has 7 heteroatoms. The number of carbonyl (C=O) groups excluding carboxylic acids is 3. The van der Waals surface area contributed by atoms with Crippen LogP contribution in [0, 0.1) is 5.82 Å². The second kappa shape index (κ2) is 8.58. The van der Waals surface area contributed by atoms with Crippen LogP contribution in [0.2, 0.25) is 0 Å². The number of halogens is 1. The van der Waals surface area contributed by atoms with E-state index in [-0.39, 0.29) is 18.8 Å². The van der Waals surface area contributed by atoms with Crippen LogP contribution in [-0.2, 0) is 20.9 Å². The molecule has 0 aliphatic rings. The highest BCUT2D eigenvalue weighted by Gasteiger charge is 2.11. The molecule has 25 heavy (non-hydrogen) atoms. The monoisotopic (exact) mass is 344 g/mol. The van der Waals surface area contributed by atoms with Crippen molar-refractivity contribution in [2.24, 2.45) is 0 Å². The fraction of sp³-hybridized carbons (Fsp3) is 0.167. The van der Waals surface area contributed by atoms with Crippen LogP contribution in [0.1, 0.15) is 22.3 Å². The number of rotatable bonds is 6. The first-order valence-corrected chi connectivity index (χ1v) is 7.47. The van der Waals surface area contributed by atoms with Gasteiger partial charge in [-0.1, -0.05) is 18.2 Å². The van der Waals surface area contributed by atoms with E-state index >= 15 is 0 Å². The zero-order chi connectivity index (χ0) is 18.2. The summed E-state index contributed by atoms with van der Waals surface area (Å²) >= 11 is 0. The maximum absolute atomic E-state index is 12.8. The summed E-state index contributed by atoms with van der Waals surface area (Å²) in [6.07, 6.45) is -0.371. The summed E-state index contributed by atoms with van der Waals surface area (Å²) < 4.78 is 17.4. The first-order valence-electron chi connectivity index (χ1n) is 7.47. The number of methoxy groups -OCH3 is 1. The minimum atomic E-state index is -0.520. The maximum atomic E-state index is 12.8. The highest BCUT2D eigenvalue weighted by Crippen LogP contribution is 2.12. The third-order valence-corrected chi connectivity index (χ3v) is 3.29. The van der Waals surface area contributed by atoms with Crippen molar-refractivity contribution in [1.29, 1.82) is 0 Å². The Kier molecular flexibility index (Phi) is 6.22. The second-order valence-electron chi connectivity index (χ2n) is 5.20. The van der Waals surface area contributed by atoms with Gasteiger partial charge < -0.3 is 15.4 Å². The molecule has 2 rings (SSSR count). The lowest BCUT2D eigenvalue weighted by Gasteiger charge is -2.08. The normalized spacial score (nSPS) is 10.0. The lowest BCUT2D eigenvalue weighted by Crippen LogP contribution is -2.27. The first kappa shape index (κ1) is 18.1. The van der Waals surface area contributed by atoms with Gasteiger partial charge in [0.15, 0.2) is 0 Å². The van der Waals surface area contributed by atoms with Crippen molar-refractivity contribution in [2.75, 3.05) is 12.4 Å². The Morgan fingerprint density at radius 2 is 1.76 bits per heavy atom. The quantitative estimate of drug-likeness (QED) is 0.622. The van der Waals surface area contributed by atoms with Crippen molar-refractivity contribution in [1.82, 2.24) is 5.32 Å². The summed E-state index contributed by atoms with van der Waals surface area (Å²) in [7, 11) is 1.26. The topological polar surface area (TPSA) is 84.5 Å². The van der Waals surface area contributed by atoms with E-state index in [9.17, 15) is 18.8 Å². The van der Waals surface area contributed by atoms with Crippen molar-refractivity contribution in [2.45, 2.75) is 13.0 Å². The van der Waals surface area contributed by atoms with Gasteiger partial charge in [0.25, 0.3) is 0 Å². The van der Waals surface area contributed by atoms with Gasteiger partial charge in [-0.3, -0.25) is 9.59 Å². The van der Waals surface area contributed by atoms with Gasteiger partial charge >= 0.3 is 5.97 Å². The van der Waals surface area contributed by atoms with Crippen LogP contribution in [0.3, 0.4) is 0 Å². The molecule has 0 unspecified atom stereocenters. The Labute approximate surface area is 144 Å². The van der Waals surface area contributed by atoms with E-state index in [0.717, 1.165) is 5.56 Å². The molecular formula is C18H17FN2O4. The zero-order valence-electron chi connectivity index (χ0n) is 13.5. The van der Waals surface area contributed by atoms with E-state index < -0.39 is 17.8 Å². The Balaban J connectivity index is 1.84. The largest absolute Gasteiger partial charge is 0.465 e. The molecular weight excluding hydrogens is 327 g/mol. The second-order valence-corrected chi connectivity index (χ2v) is 5.20. The fourth-order valence-corrected chi connectivity index (χ4v) is 2.06. The number of nitrogens with one attached hydrogen (secondary N) is 2. The minimum absolute atomic E-state index is 0.199. The van der Waals surface area contributed by atoms with Crippen molar-refractivity contribution in [3.05, 3.63) is 65.5 Å². The lowest BCUT2D eigenvalue weighted by molar-refractivity contribution is -0.126. The van der Waals surface area contributed by atoms with Crippen LogP contribution in [0.25, 0.3) is 0 Å². The molecule has 130 valence electrons. The lowest BCUT2D eigenvalue weighted by atomic mass is 10.2. The number of benzene rings is 2. The predicted octanol–water partition coefficient (Wildman–Crippen LogP) is 2.26. The SMILES string of the molecule is COC(=O)c1cccc(NC(=O)CC(=O)NCc2ccc(F)cc2)c1. The smallest absolute Gasteiger partial charge is 0.337 e. The minimum Gasteiger partial charge on any atom is -0.465 e. The van der Waals surface area contributed by atoms with Crippen molar-refractivity contribution >= 4 is 23.5 Å². The third-order valence-electron chi connectivity index (χ3n) is 3.29. The average molecular weight is 344 g/mol. The molecule has 0 radical (unpaired) electrons. The molecule has 0 bridgehead atoms. The molecule has 0 aromatic heterocycles. The molecule has 2 N–H and O–H groups in total. The van der Waals surface area contributed by atoms with E-state index in [4.69, 9.17) is 0 Å². The van der Waals surface area contributed by atoms with Crippen LogP contribution in [-0.4, -0.2) is 24.9 Å². The number of carbonyl (C=O) groups is 3. The first-order chi connectivity index (χ1) is 12.0. The standard InChI is InChI=1S/C18H17FN2O4/c1-25-18(24)13-3-2-4-15(9-13)21-17(23)10-16(22)20-11-12-5-7-14(19)8-6-12/h2-9H,10-11H2,1H3,(H,20,22)(H,21,23). The maximum Gasteiger partial charge on any atom is 0.337 e. The number of amides is 2. The number of ether oxygens (including phenoxy) is 1. The molecule has 0 heterocycles. The van der Waals surface area contributed by atoms with Crippen LogP contribution >= 0.6 is 0 Å². The van der Waals surface area contributed by atoms with Crippen molar-refractivity contribution in [3.8, 4) is 0 Å². The van der Waals surface area contributed by atoms with Crippen LogP contribution in [0.5, 0.6) is 0 Å². The highest BCUT2D eigenvalue weighted by atomic mass is 19.1. The number of hydrogen-bond acceptors (Lipinski definition) is 4. The van der Waals surface area contributed by atoms with Gasteiger partial charge in [-0.25, -0.2) is 9.18 Å². The molecule has 0 atom stereocenters. The number of hydrogen-bond donors (Lipinski definition) is 2. The van der Waals surface area contributed by atoms with Gasteiger partial charge in [0.2, 0.25) is 11.8 Å². The van der Waals surface area contributed by atoms with Gasteiger partial charge in [0.1, 0.15) is 12.2 Å². The molecule has 0 saturated heterocycles. The molecule has 0 aliphatic heterocycles. The highest BCUT2D eigenvalue weighted by molar-refractivity contribution is 6.04. The molecule has 0 spiro atoms. The summed E-state index contributed by atoms with van der Waals surface area (Å²) in [5, 5.41) is 5.12. The molecule has 0 saturated carbocycles. The summed E-state index contributed by atoms with van der Waals surface area (Å²) in [6, 6.07) is 11.9. The average Bonchev–Trinajstić information content (AvgIpc) is 2.60. The van der Waals surface area contributed by atoms with E-state index in [1.54, 1.807) is 30.3 Å². The Hall–Kier alpha value is -3.22. The summed E-state index contributed by atoms with van der Waals surface area (Å²) in [5.74, 6) is -1.86. The summed E-state index contributed by atoms with van der Waals surface area (Å²) in [5.41, 5.74) is 1.40. The third kappa shape index (κ3) is 5.72. The molecule has 6 nitrogen and oxygen atoms in total. The van der Waals surface area contributed by atoms with Gasteiger partial charge in [-0.2, -0.15) is 0 Å². The van der Waals surface area contributed by atoms with Crippen molar-refractivity contribution < 1.29 is 23.5 Å². The van der Waals surface area contributed by atoms with Gasteiger partial charge in [-0.05, 0) is 35.9 Å². The van der Waals surface area contributed by atoms with Gasteiger partial charge in [0.05, 0.1) is 12.7 Å². The van der Waals surface area contributed by atoms with E-state index in [1.807, 2.05) is 0 Å². The molecule has 0 fully saturated rings. The zero-order valence-corrected chi connectivity index (χ0v) is 13.5.